The van der Waals surface area contributed by atoms with E-state index in [1.807, 2.05) is 20.8 Å². The molecule has 0 saturated carbocycles. The highest BCUT2D eigenvalue weighted by molar-refractivity contribution is 5.80. The number of phenolic OH excluding ortho intramolecular Hbond substituents is 1. The van der Waals surface area contributed by atoms with Crippen LogP contribution in [0.5, 0.6) is 17.2 Å². The van der Waals surface area contributed by atoms with Gasteiger partial charge in [0.2, 0.25) is 16.8 Å². The highest BCUT2D eigenvalue weighted by Gasteiger charge is 2.42. The van der Waals surface area contributed by atoms with Crippen LogP contribution in [-0.4, -0.2) is 23.8 Å². The van der Waals surface area contributed by atoms with Crippen molar-refractivity contribution >= 4 is 5.97 Å². The number of hydrogen-bond acceptors (Lipinski definition) is 7. The maximum Gasteiger partial charge on any atom is 0.350 e. The zero-order valence-corrected chi connectivity index (χ0v) is 16.7. The summed E-state index contributed by atoms with van der Waals surface area (Å²) in [5.41, 5.74) is 1.70. The smallest absolute Gasteiger partial charge is 0.350 e. The van der Waals surface area contributed by atoms with Crippen molar-refractivity contribution in [3.63, 3.8) is 0 Å². The maximum absolute atomic E-state index is 12.7. The fourth-order valence-electron chi connectivity index (χ4n) is 3.34. The molecule has 7 nitrogen and oxygen atoms in total. The van der Waals surface area contributed by atoms with Gasteiger partial charge in [-0.15, -0.1) is 0 Å². The first-order chi connectivity index (χ1) is 13.2. The van der Waals surface area contributed by atoms with E-state index in [1.54, 1.807) is 6.92 Å². The first-order valence-electron chi connectivity index (χ1n) is 9.01. The number of aromatic hydroxyl groups is 1. The number of methoxy groups -OCH3 is 1. The Morgan fingerprint density at radius 3 is 2.61 bits per heavy atom. The zero-order chi connectivity index (χ0) is 20.6. The summed E-state index contributed by atoms with van der Waals surface area (Å²) in [4.78, 5) is 24.5. The Labute approximate surface area is 162 Å². The monoisotopic (exact) mass is 388 g/mol. The minimum Gasteiger partial charge on any atom is -0.507 e. The molecule has 0 saturated heterocycles. The van der Waals surface area contributed by atoms with Gasteiger partial charge in [-0.1, -0.05) is 0 Å². The number of ether oxygens (including phenoxy) is 3. The van der Waals surface area contributed by atoms with Crippen LogP contribution in [0.25, 0.3) is 0 Å². The van der Waals surface area contributed by atoms with Crippen LogP contribution >= 0.6 is 0 Å². The van der Waals surface area contributed by atoms with Crippen molar-refractivity contribution in [2.45, 2.75) is 52.7 Å². The average molecular weight is 388 g/mol. The van der Waals surface area contributed by atoms with Crippen LogP contribution in [0, 0.1) is 20.8 Å². The third kappa shape index (κ3) is 3.32. The quantitative estimate of drug-likeness (QED) is 0.804. The lowest BCUT2D eigenvalue weighted by Gasteiger charge is -2.35. The summed E-state index contributed by atoms with van der Waals surface area (Å²) in [5, 5.41) is 10.3. The van der Waals surface area contributed by atoms with Crippen molar-refractivity contribution < 1.29 is 28.5 Å². The number of phenols is 1. The molecule has 1 aromatic carbocycles. The van der Waals surface area contributed by atoms with Gasteiger partial charge >= 0.3 is 5.97 Å². The standard InChI is InChI=1S/C21H24O7/c1-11-12(2)19-15(13(3)18(11)23)6-7-21(4,28-19)20(24)27-9-14-8-16(22)17(25-5)10-26-14/h8,10,23H,6-7,9H2,1-5H3. The summed E-state index contributed by atoms with van der Waals surface area (Å²) in [6, 6.07) is 1.23. The molecule has 3 rings (SSSR count). The largest absolute Gasteiger partial charge is 0.507 e. The van der Waals surface area contributed by atoms with Crippen molar-refractivity contribution in [1.82, 2.24) is 0 Å². The molecule has 7 heteroatoms. The van der Waals surface area contributed by atoms with Gasteiger partial charge in [0.05, 0.1) is 7.11 Å². The van der Waals surface area contributed by atoms with Crippen molar-refractivity contribution in [1.29, 1.82) is 0 Å². The lowest BCUT2D eigenvalue weighted by molar-refractivity contribution is -0.164. The summed E-state index contributed by atoms with van der Waals surface area (Å²) >= 11 is 0. The molecule has 1 aliphatic rings. The summed E-state index contributed by atoms with van der Waals surface area (Å²) in [7, 11) is 1.37. The van der Waals surface area contributed by atoms with Crippen molar-refractivity contribution in [2.24, 2.45) is 0 Å². The second-order valence-electron chi connectivity index (χ2n) is 7.22. The highest BCUT2D eigenvalue weighted by atomic mass is 16.6. The Morgan fingerprint density at radius 2 is 1.96 bits per heavy atom. The van der Waals surface area contributed by atoms with Crippen molar-refractivity contribution in [2.75, 3.05) is 7.11 Å². The Balaban J connectivity index is 1.78. The van der Waals surface area contributed by atoms with Gasteiger partial charge in [-0.2, -0.15) is 0 Å². The van der Waals surface area contributed by atoms with Gasteiger partial charge in [-0.25, -0.2) is 4.79 Å². The van der Waals surface area contributed by atoms with E-state index < -0.39 is 11.6 Å². The van der Waals surface area contributed by atoms with Crippen LogP contribution < -0.4 is 14.9 Å². The lowest BCUT2D eigenvalue weighted by atomic mass is 9.87. The van der Waals surface area contributed by atoms with E-state index in [-0.39, 0.29) is 29.3 Å². The highest BCUT2D eigenvalue weighted by Crippen LogP contribution is 2.43. The van der Waals surface area contributed by atoms with Gasteiger partial charge in [0, 0.05) is 18.1 Å². The molecule has 1 atom stereocenters. The molecule has 0 bridgehead atoms. The van der Waals surface area contributed by atoms with Gasteiger partial charge in [0.15, 0.2) is 0 Å². The molecule has 28 heavy (non-hydrogen) atoms. The minimum absolute atomic E-state index is 0.0822. The van der Waals surface area contributed by atoms with Gasteiger partial charge in [-0.05, 0) is 50.8 Å². The van der Waals surface area contributed by atoms with Gasteiger partial charge < -0.3 is 23.7 Å². The fraction of sp³-hybridized carbons (Fsp3) is 0.429. The Bertz CT molecular complexity index is 989. The van der Waals surface area contributed by atoms with E-state index in [0.717, 1.165) is 22.3 Å². The summed E-state index contributed by atoms with van der Waals surface area (Å²) < 4.78 is 21.5. The van der Waals surface area contributed by atoms with Crippen molar-refractivity contribution in [3.05, 3.63) is 50.6 Å². The molecule has 0 radical (unpaired) electrons. The number of rotatable bonds is 4. The summed E-state index contributed by atoms with van der Waals surface area (Å²) in [6.45, 7) is 7.01. The molecule has 1 N–H and O–H groups in total. The number of hydrogen-bond donors (Lipinski definition) is 1. The number of fused-ring (bicyclic) bond motifs is 1. The van der Waals surface area contributed by atoms with E-state index in [2.05, 4.69) is 0 Å². The van der Waals surface area contributed by atoms with E-state index >= 15 is 0 Å². The molecule has 1 unspecified atom stereocenters. The topological polar surface area (TPSA) is 95.2 Å². The normalized spacial score (nSPS) is 18.2. The molecule has 0 fully saturated rings. The lowest BCUT2D eigenvalue weighted by Crippen LogP contribution is -2.45. The Hall–Kier alpha value is -2.96. The maximum atomic E-state index is 12.7. The molecule has 1 aliphatic heterocycles. The van der Waals surface area contributed by atoms with E-state index in [9.17, 15) is 14.7 Å². The number of esters is 1. The first kappa shape index (κ1) is 19.8. The minimum atomic E-state index is -1.17. The molecule has 0 amide bonds. The van der Waals surface area contributed by atoms with Gasteiger partial charge in [0.1, 0.15) is 30.1 Å². The third-order valence-electron chi connectivity index (χ3n) is 5.37. The molecule has 0 aliphatic carbocycles. The summed E-state index contributed by atoms with van der Waals surface area (Å²) in [5.74, 6) is 0.639. The molecule has 150 valence electrons. The average Bonchev–Trinajstić information content (AvgIpc) is 2.68. The first-order valence-corrected chi connectivity index (χ1v) is 9.01. The second kappa shape index (κ2) is 7.22. The van der Waals surface area contributed by atoms with Crippen LogP contribution in [-0.2, 0) is 22.6 Å². The molecular formula is C21H24O7. The predicted octanol–water partition coefficient (Wildman–Crippen LogP) is 3.11. The van der Waals surface area contributed by atoms with Crippen LogP contribution in [0.1, 0.15) is 41.4 Å². The van der Waals surface area contributed by atoms with Gasteiger partial charge in [0.25, 0.3) is 0 Å². The Kier molecular flexibility index (Phi) is 5.10. The number of carbonyl (C=O) groups is 1. The van der Waals surface area contributed by atoms with Crippen molar-refractivity contribution in [3.8, 4) is 17.2 Å². The number of carbonyl (C=O) groups excluding carboxylic acids is 1. The van der Waals surface area contributed by atoms with E-state index in [1.165, 1.54) is 19.4 Å². The van der Waals surface area contributed by atoms with Gasteiger partial charge in [-0.3, -0.25) is 4.79 Å². The van der Waals surface area contributed by atoms with Crippen LogP contribution in [0.15, 0.2) is 21.5 Å². The predicted molar refractivity (Wildman–Crippen MR) is 101 cm³/mol. The molecular weight excluding hydrogens is 364 g/mol. The number of benzene rings is 1. The zero-order valence-electron chi connectivity index (χ0n) is 16.7. The van der Waals surface area contributed by atoms with Crippen LogP contribution in [0.2, 0.25) is 0 Å². The SMILES string of the molecule is COc1coc(COC(=O)C2(C)CCc3c(C)c(O)c(C)c(C)c3O2)cc1=O. The second-order valence-corrected chi connectivity index (χ2v) is 7.22. The fourth-order valence-corrected chi connectivity index (χ4v) is 3.34. The Morgan fingerprint density at radius 1 is 1.25 bits per heavy atom. The molecule has 1 aromatic heterocycles. The van der Waals surface area contributed by atoms with Crippen LogP contribution in [0.4, 0.5) is 0 Å². The van der Waals surface area contributed by atoms with E-state index in [0.29, 0.717) is 18.6 Å². The molecule has 0 spiro atoms. The molecule has 2 aromatic rings. The van der Waals surface area contributed by atoms with Crippen LogP contribution in [0.3, 0.4) is 0 Å². The molecule has 2 heterocycles. The summed E-state index contributed by atoms with van der Waals surface area (Å²) in [6.07, 6.45) is 2.18. The van der Waals surface area contributed by atoms with E-state index in [4.69, 9.17) is 18.6 Å². The third-order valence-corrected chi connectivity index (χ3v) is 5.37.